The smallest absolute Gasteiger partial charge is 0.307 e. The molecule has 0 N–H and O–H groups in total. The Morgan fingerprint density at radius 1 is 1.08 bits per heavy atom. The van der Waals surface area contributed by atoms with Gasteiger partial charge < -0.3 is 4.90 Å². The molecule has 0 atom stereocenters. The number of alkyl halides is 3. The van der Waals surface area contributed by atoms with Crippen LogP contribution in [0.2, 0.25) is 5.02 Å². The van der Waals surface area contributed by atoms with Crippen molar-refractivity contribution in [3.05, 3.63) is 99.8 Å². The number of hydrogen-bond acceptors (Lipinski definition) is 3. The van der Waals surface area contributed by atoms with Gasteiger partial charge in [0, 0.05) is 46.7 Å². The molecule has 5 rings (SSSR count). The van der Waals surface area contributed by atoms with Crippen LogP contribution in [0, 0.1) is 6.92 Å². The second-order valence-electron chi connectivity index (χ2n) is 9.84. The zero-order valence-corrected chi connectivity index (χ0v) is 21.2. The van der Waals surface area contributed by atoms with Crippen LogP contribution in [0.3, 0.4) is 0 Å². The molecule has 2 aliphatic rings. The summed E-state index contributed by atoms with van der Waals surface area (Å²) >= 11 is 6.39. The monoisotopic (exact) mass is 525 g/mol. The van der Waals surface area contributed by atoms with Crippen molar-refractivity contribution in [2.45, 2.75) is 31.4 Å². The third kappa shape index (κ3) is 5.29. The highest BCUT2D eigenvalue weighted by molar-refractivity contribution is 6.30. The van der Waals surface area contributed by atoms with Crippen molar-refractivity contribution < 1.29 is 18.0 Å². The van der Waals surface area contributed by atoms with Gasteiger partial charge in [-0.15, -0.1) is 0 Å². The van der Waals surface area contributed by atoms with Gasteiger partial charge in [0.2, 0.25) is 0 Å². The molecule has 1 amide bonds. The first-order chi connectivity index (χ1) is 17.6. The van der Waals surface area contributed by atoms with E-state index in [1.54, 1.807) is 12.3 Å². The van der Waals surface area contributed by atoms with Gasteiger partial charge in [-0.1, -0.05) is 35.9 Å². The van der Waals surface area contributed by atoms with Crippen LogP contribution >= 0.6 is 11.6 Å². The first kappa shape index (κ1) is 25.5. The predicted molar refractivity (Wildman–Crippen MR) is 140 cm³/mol. The second kappa shape index (κ2) is 9.95. The number of fused-ring (bicyclic) bond motifs is 2. The minimum atomic E-state index is -4.33. The number of nitrogens with zero attached hydrogens (tertiary/aromatic N) is 3. The fraction of sp³-hybridized carbons (Fsp3) is 0.310. The van der Waals surface area contributed by atoms with Crippen LogP contribution in [-0.4, -0.2) is 42.0 Å². The molecule has 1 spiro atoms. The SMILES string of the molecule is Cc1cc(C(=O)N2CC3(CCN(C/C=C/c4ccc(C(F)(F)F)cc4)CC3)c3cc(Cl)ccc32)ccn1. The summed E-state index contributed by atoms with van der Waals surface area (Å²) in [7, 11) is 0. The number of carbonyl (C=O) groups excluding carboxylic acids is 1. The first-order valence-electron chi connectivity index (χ1n) is 12.3. The Kier molecular flexibility index (Phi) is 6.86. The lowest BCUT2D eigenvalue weighted by molar-refractivity contribution is -0.137. The van der Waals surface area contributed by atoms with Crippen LogP contribution in [0.15, 0.2) is 66.9 Å². The third-order valence-corrected chi connectivity index (χ3v) is 7.63. The molecule has 0 aliphatic carbocycles. The van der Waals surface area contributed by atoms with Crippen LogP contribution < -0.4 is 4.90 Å². The van der Waals surface area contributed by atoms with E-state index in [9.17, 15) is 18.0 Å². The van der Waals surface area contributed by atoms with E-state index in [-0.39, 0.29) is 11.3 Å². The van der Waals surface area contributed by atoms with Crippen molar-refractivity contribution in [1.29, 1.82) is 0 Å². The van der Waals surface area contributed by atoms with E-state index in [4.69, 9.17) is 11.6 Å². The number of benzene rings is 2. The van der Waals surface area contributed by atoms with Gasteiger partial charge in [-0.05, 0) is 86.4 Å². The minimum Gasteiger partial charge on any atom is -0.307 e. The molecule has 2 aromatic carbocycles. The largest absolute Gasteiger partial charge is 0.416 e. The van der Waals surface area contributed by atoms with Crippen molar-refractivity contribution in [2.75, 3.05) is 31.1 Å². The highest BCUT2D eigenvalue weighted by atomic mass is 35.5. The summed E-state index contributed by atoms with van der Waals surface area (Å²) in [4.78, 5) is 21.9. The molecule has 37 heavy (non-hydrogen) atoms. The summed E-state index contributed by atoms with van der Waals surface area (Å²) in [5.74, 6) is -0.0344. The molecular formula is C29H27ClF3N3O. The number of pyridine rings is 1. The Labute approximate surface area is 219 Å². The quantitative estimate of drug-likeness (QED) is 0.377. The van der Waals surface area contributed by atoms with Crippen LogP contribution in [0.1, 0.15) is 45.6 Å². The molecule has 0 radical (unpaired) electrons. The number of likely N-dealkylation sites (tertiary alicyclic amines) is 1. The number of carbonyl (C=O) groups is 1. The highest BCUT2D eigenvalue weighted by Crippen LogP contribution is 2.48. The van der Waals surface area contributed by atoms with Crippen LogP contribution in [0.25, 0.3) is 6.08 Å². The maximum atomic E-state index is 13.5. The summed E-state index contributed by atoms with van der Waals surface area (Å²) in [5, 5.41) is 0.661. The van der Waals surface area contributed by atoms with Gasteiger partial charge in [0.1, 0.15) is 0 Å². The maximum Gasteiger partial charge on any atom is 0.416 e. The van der Waals surface area contributed by atoms with Gasteiger partial charge in [-0.25, -0.2) is 0 Å². The molecule has 1 saturated heterocycles. The minimum absolute atomic E-state index is 0.0344. The molecule has 3 heterocycles. The Bertz CT molecular complexity index is 1330. The number of piperidine rings is 1. The molecule has 0 saturated carbocycles. The van der Waals surface area contributed by atoms with Crippen LogP contribution in [0.5, 0.6) is 0 Å². The van der Waals surface area contributed by atoms with Gasteiger partial charge in [0.25, 0.3) is 5.91 Å². The second-order valence-corrected chi connectivity index (χ2v) is 10.3. The fourth-order valence-corrected chi connectivity index (χ4v) is 5.54. The number of amides is 1. The van der Waals surface area contributed by atoms with E-state index in [0.717, 1.165) is 60.6 Å². The van der Waals surface area contributed by atoms with Gasteiger partial charge >= 0.3 is 6.18 Å². The zero-order valence-electron chi connectivity index (χ0n) is 20.4. The number of aromatic nitrogens is 1. The van der Waals surface area contributed by atoms with Gasteiger partial charge in [-0.3, -0.25) is 14.7 Å². The van der Waals surface area contributed by atoms with E-state index in [1.165, 1.54) is 12.1 Å². The third-order valence-electron chi connectivity index (χ3n) is 7.40. The molecule has 1 aromatic heterocycles. The highest BCUT2D eigenvalue weighted by Gasteiger charge is 2.46. The van der Waals surface area contributed by atoms with Crippen LogP contribution in [-0.2, 0) is 11.6 Å². The Hall–Kier alpha value is -3.16. The Morgan fingerprint density at radius 3 is 2.49 bits per heavy atom. The summed E-state index contributed by atoms with van der Waals surface area (Å²) in [6.45, 7) is 4.88. The summed E-state index contributed by atoms with van der Waals surface area (Å²) in [6.07, 6.45) is 2.94. The topological polar surface area (TPSA) is 36.4 Å². The molecule has 0 unspecified atom stereocenters. The number of anilines is 1. The van der Waals surface area contributed by atoms with E-state index in [2.05, 4.69) is 9.88 Å². The van der Waals surface area contributed by atoms with Gasteiger partial charge in [-0.2, -0.15) is 13.2 Å². The van der Waals surface area contributed by atoms with Gasteiger partial charge in [0.05, 0.1) is 5.56 Å². The summed E-state index contributed by atoms with van der Waals surface area (Å²) in [6, 6.07) is 14.5. The Balaban J connectivity index is 1.27. The van der Waals surface area contributed by atoms with E-state index in [0.29, 0.717) is 23.7 Å². The number of hydrogen-bond donors (Lipinski definition) is 0. The zero-order chi connectivity index (χ0) is 26.2. The average Bonchev–Trinajstić information content (AvgIpc) is 3.17. The normalized spacial score (nSPS) is 17.5. The number of halogens is 4. The van der Waals surface area contributed by atoms with Crippen molar-refractivity contribution in [2.24, 2.45) is 0 Å². The van der Waals surface area contributed by atoms with Crippen molar-refractivity contribution >= 4 is 29.3 Å². The first-order valence-corrected chi connectivity index (χ1v) is 12.6. The van der Waals surface area contributed by atoms with Crippen LogP contribution in [0.4, 0.5) is 18.9 Å². The Morgan fingerprint density at radius 2 is 1.81 bits per heavy atom. The molecule has 0 bridgehead atoms. The van der Waals surface area contributed by atoms with Crippen molar-refractivity contribution in [1.82, 2.24) is 9.88 Å². The molecule has 2 aliphatic heterocycles. The van der Waals surface area contributed by atoms with E-state index < -0.39 is 11.7 Å². The molecule has 4 nitrogen and oxygen atoms in total. The van der Waals surface area contributed by atoms with Gasteiger partial charge in [0.15, 0.2) is 0 Å². The van der Waals surface area contributed by atoms with E-state index >= 15 is 0 Å². The predicted octanol–water partition coefficient (Wildman–Crippen LogP) is 6.77. The lowest BCUT2D eigenvalue weighted by Gasteiger charge is -2.39. The lowest BCUT2D eigenvalue weighted by atomic mass is 9.74. The van der Waals surface area contributed by atoms with E-state index in [1.807, 2.05) is 48.2 Å². The molecular weight excluding hydrogens is 499 g/mol. The number of rotatable bonds is 4. The molecule has 8 heteroatoms. The molecule has 1 fully saturated rings. The number of aryl methyl sites for hydroxylation is 1. The fourth-order valence-electron chi connectivity index (χ4n) is 5.37. The summed E-state index contributed by atoms with van der Waals surface area (Å²) in [5.41, 5.74) is 3.39. The lowest BCUT2D eigenvalue weighted by Crippen LogP contribution is -2.46. The molecule has 3 aromatic rings. The summed E-state index contributed by atoms with van der Waals surface area (Å²) < 4.78 is 38.3. The average molecular weight is 526 g/mol. The standard InChI is InChI=1S/C29H27ClF3N3O/c1-20-17-22(10-13-34-20)27(37)36-19-28(25-18-24(30)8-9-26(25)36)11-15-35(16-12-28)14-2-3-21-4-6-23(7-5-21)29(31,32)33/h2-10,13,17-18H,11-12,14-16,19H2,1H3/b3-2+. The molecule has 192 valence electrons. The maximum absolute atomic E-state index is 13.5. The van der Waals surface area contributed by atoms with Crippen molar-refractivity contribution in [3.63, 3.8) is 0 Å². The van der Waals surface area contributed by atoms with Crippen molar-refractivity contribution in [3.8, 4) is 0 Å².